The van der Waals surface area contributed by atoms with Gasteiger partial charge in [0, 0.05) is 0 Å². The molecule has 0 aliphatic rings. The smallest absolute Gasteiger partial charge is 0.187 e. The second-order valence-corrected chi connectivity index (χ2v) is 2.84. The number of hydrogen-bond donors (Lipinski definition) is 2. The van der Waals surface area contributed by atoms with Crippen LogP contribution in [0.15, 0.2) is 12.1 Å². The number of phenolic OH excluding ortho intramolecular Hbond substituents is 2. The highest BCUT2D eigenvalue weighted by Gasteiger charge is 2.07. The number of aromatic hydroxyl groups is 2. The molecule has 0 radical (unpaired) electrons. The summed E-state index contributed by atoms with van der Waals surface area (Å²) < 4.78 is 4.39. The van der Waals surface area contributed by atoms with Crippen molar-refractivity contribution in [2.24, 2.45) is 0 Å². The van der Waals surface area contributed by atoms with Crippen molar-refractivity contribution in [2.45, 2.75) is 0 Å². The molecule has 5 heteroatoms. The highest BCUT2D eigenvalue weighted by Crippen LogP contribution is 2.32. The monoisotopic (exact) mass is 168 g/mol. The van der Waals surface area contributed by atoms with Gasteiger partial charge in [-0.2, -0.15) is 0 Å². The zero-order chi connectivity index (χ0) is 7.84. The zero-order valence-corrected chi connectivity index (χ0v) is 6.17. The molecule has 2 rings (SSSR count). The molecule has 2 aromatic rings. The summed E-state index contributed by atoms with van der Waals surface area (Å²) in [6.45, 7) is 0. The highest BCUT2D eigenvalue weighted by atomic mass is 32.1. The van der Waals surface area contributed by atoms with Crippen molar-refractivity contribution in [1.82, 2.24) is 9.59 Å². The summed E-state index contributed by atoms with van der Waals surface area (Å²) in [5.74, 6) is -0.360. The van der Waals surface area contributed by atoms with Crippen LogP contribution in [0.5, 0.6) is 11.5 Å². The molecule has 1 aromatic carbocycles. The lowest BCUT2D eigenvalue weighted by Crippen LogP contribution is -1.71. The summed E-state index contributed by atoms with van der Waals surface area (Å²) in [4.78, 5) is 0. The quantitative estimate of drug-likeness (QED) is 0.578. The van der Waals surface area contributed by atoms with Gasteiger partial charge < -0.3 is 10.2 Å². The van der Waals surface area contributed by atoms with Gasteiger partial charge in [-0.3, -0.25) is 0 Å². The van der Waals surface area contributed by atoms with Gasteiger partial charge in [0.15, 0.2) is 17.0 Å². The van der Waals surface area contributed by atoms with Gasteiger partial charge in [0.05, 0.1) is 4.70 Å². The molecule has 0 bridgehead atoms. The normalized spacial score (nSPS) is 10.5. The summed E-state index contributed by atoms with van der Waals surface area (Å²) in [6, 6.07) is 3.08. The predicted molar refractivity (Wildman–Crippen MR) is 40.7 cm³/mol. The van der Waals surface area contributed by atoms with Gasteiger partial charge in [-0.1, -0.05) is 4.49 Å². The summed E-state index contributed by atoms with van der Waals surface area (Å²) in [5, 5.41) is 21.9. The lowest BCUT2D eigenvalue weighted by Gasteiger charge is -1.94. The van der Waals surface area contributed by atoms with Crippen molar-refractivity contribution in [3.05, 3.63) is 12.1 Å². The van der Waals surface area contributed by atoms with Gasteiger partial charge in [0.2, 0.25) is 0 Å². The maximum atomic E-state index is 9.20. The molecular weight excluding hydrogens is 164 g/mol. The molecule has 0 unspecified atom stereocenters. The number of rotatable bonds is 0. The van der Waals surface area contributed by atoms with E-state index in [1.165, 1.54) is 17.6 Å². The molecule has 0 atom stereocenters. The van der Waals surface area contributed by atoms with E-state index in [0.29, 0.717) is 5.52 Å². The van der Waals surface area contributed by atoms with Gasteiger partial charge in [0.25, 0.3) is 0 Å². The Labute approximate surface area is 65.9 Å². The van der Waals surface area contributed by atoms with E-state index in [1.807, 2.05) is 0 Å². The maximum Gasteiger partial charge on any atom is 0.187 e. The third-order valence-electron chi connectivity index (χ3n) is 1.37. The molecule has 0 saturated heterocycles. The minimum Gasteiger partial charge on any atom is -0.504 e. The lowest BCUT2D eigenvalue weighted by atomic mass is 10.3. The molecule has 0 spiro atoms. The Balaban J connectivity index is 2.93. The Morgan fingerprint density at radius 3 is 2.91 bits per heavy atom. The van der Waals surface area contributed by atoms with Gasteiger partial charge in [-0.25, -0.2) is 0 Å². The fourth-order valence-corrected chi connectivity index (χ4v) is 1.39. The molecule has 0 saturated carbocycles. The number of nitrogens with zero attached hydrogens (tertiary/aromatic N) is 2. The largest absolute Gasteiger partial charge is 0.504 e. The Hall–Kier alpha value is -1.36. The topological polar surface area (TPSA) is 66.2 Å². The first-order chi connectivity index (χ1) is 5.29. The Morgan fingerprint density at radius 1 is 1.27 bits per heavy atom. The SMILES string of the molecule is Oc1ccc2snnc2c1O. The van der Waals surface area contributed by atoms with E-state index < -0.39 is 0 Å². The van der Waals surface area contributed by atoms with Crippen LogP contribution in [-0.2, 0) is 0 Å². The molecule has 2 N–H and O–H groups in total. The van der Waals surface area contributed by atoms with E-state index in [4.69, 9.17) is 5.11 Å². The fourth-order valence-electron chi connectivity index (χ4n) is 0.826. The molecule has 4 nitrogen and oxygen atoms in total. The Kier molecular flexibility index (Phi) is 1.19. The van der Waals surface area contributed by atoms with Crippen LogP contribution in [0.4, 0.5) is 0 Å². The Bertz CT molecular complexity index is 398. The standard InChI is InChI=1S/C6H4N2O2S/c9-3-1-2-4-5(6(3)10)7-8-11-4/h1-2,9-10H. The number of benzene rings is 1. The average Bonchev–Trinajstić information content (AvgIpc) is 2.45. The molecule has 11 heavy (non-hydrogen) atoms. The Morgan fingerprint density at radius 2 is 2.09 bits per heavy atom. The van der Waals surface area contributed by atoms with Crippen molar-refractivity contribution >= 4 is 21.7 Å². The van der Waals surface area contributed by atoms with Crippen LogP contribution in [0.25, 0.3) is 10.2 Å². The van der Waals surface area contributed by atoms with E-state index in [2.05, 4.69) is 9.59 Å². The first-order valence-electron chi connectivity index (χ1n) is 2.92. The molecule has 0 amide bonds. The molecular formula is C6H4N2O2S. The third-order valence-corrected chi connectivity index (χ3v) is 2.06. The fraction of sp³-hybridized carbons (Fsp3) is 0. The second kappa shape index (κ2) is 2.06. The van der Waals surface area contributed by atoms with E-state index >= 15 is 0 Å². The van der Waals surface area contributed by atoms with Crippen LogP contribution in [0.2, 0.25) is 0 Å². The van der Waals surface area contributed by atoms with E-state index in [9.17, 15) is 5.11 Å². The number of fused-ring (bicyclic) bond motifs is 1. The summed E-state index contributed by atoms with van der Waals surface area (Å²) in [5.41, 5.74) is 0.356. The average molecular weight is 168 g/mol. The molecule has 56 valence electrons. The van der Waals surface area contributed by atoms with Crippen molar-refractivity contribution < 1.29 is 10.2 Å². The second-order valence-electron chi connectivity index (χ2n) is 2.05. The number of aromatic nitrogens is 2. The van der Waals surface area contributed by atoms with Crippen LogP contribution in [-0.4, -0.2) is 19.8 Å². The van der Waals surface area contributed by atoms with Crippen molar-refractivity contribution in [2.75, 3.05) is 0 Å². The van der Waals surface area contributed by atoms with Crippen LogP contribution < -0.4 is 0 Å². The van der Waals surface area contributed by atoms with Crippen molar-refractivity contribution in [1.29, 1.82) is 0 Å². The molecule has 0 aliphatic carbocycles. The van der Waals surface area contributed by atoms with Gasteiger partial charge in [0.1, 0.15) is 0 Å². The van der Waals surface area contributed by atoms with E-state index in [1.54, 1.807) is 6.07 Å². The molecule has 1 aromatic heterocycles. The van der Waals surface area contributed by atoms with Crippen LogP contribution in [0.3, 0.4) is 0 Å². The first kappa shape index (κ1) is 6.36. The van der Waals surface area contributed by atoms with E-state index in [0.717, 1.165) is 4.70 Å². The van der Waals surface area contributed by atoms with Gasteiger partial charge in [-0.05, 0) is 23.7 Å². The molecule has 1 heterocycles. The van der Waals surface area contributed by atoms with Crippen LogP contribution in [0, 0.1) is 0 Å². The van der Waals surface area contributed by atoms with E-state index in [-0.39, 0.29) is 11.5 Å². The van der Waals surface area contributed by atoms with Crippen LogP contribution in [0.1, 0.15) is 0 Å². The summed E-state index contributed by atoms with van der Waals surface area (Å²) >= 11 is 1.18. The van der Waals surface area contributed by atoms with Gasteiger partial charge in [-0.15, -0.1) is 5.10 Å². The van der Waals surface area contributed by atoms with Gasteiger partial charge >= 0.3 is 0 Å². The molecule has 0 fully saturated rings. The lowest BCUT2D eigenvalue weighted by molar-refractivity contribution is 0.407. The summed E-state index contributed by atoms with van der Waals surface area (Å²) in [7, 11) is 0. The predicted octanol–water partition coefficient (Wildman–Crippen LogP) is 1.10. The van der Waals surface area contributed by atoms with Crippen molar-refractivity contribution in [3.63, 3.8) is 0 Å². The number of hydrogen-bond acceptors (Lipinski definition) is 5. The minimum absolute atomic E-state index is 0.162. The first-order valence-corrected chi connectivity index (χ1v) is 3.69. The minimum atomic E-state index is -0.198. The zero-order valence-electron chi connectivity index (χ0n) is 5.35. The molecule has 0 aliphatic heterocycles. The third kappa shape index (κ3) is 0.813. The van der Waals surface area contributed by atoms with Crippen molar-refractivity contribution in [3.8, 4) is 11.5 Å². The summed E-state index contributed by atoms with van der Waals surface area (Å²) in [6.07, 6.45) is 0. The number of phenols is 2. The van der Waals surface area contributed by atoms with Crippen LogP contribution >= 0.6 is 11.5 Å². The highest BCUT2D eigenvalue weighted by molar-refractivity contribution is 7.13. The maximum absolute atomic E-state index is 9.20.